The van der Waals surface area contributed by atoms with Gasteiger partial charge in [0.15, 0.2) is 0 Å². The van der Waals surface area contributed by atoms with Gasteiger partial charge >= 0.3 is 0 Å². The minimum atomic E-state index is 1.17. The van der Waals surface area contributed by atoms with Crippen LogP contribution < -0.4 is 0 Å². The Labute approximate surface area is 320 Å². The van der Waals surface area contributed by atoms with Crippen LogP contribution in [0.4, 0.5) is 0 Å². The van der Waals surface area contributed by atoms with Crippen LogP contribution in [-0.4, -0.2) is 9.13 Å². The first-order chi connectivity index (χ1) is 27.3. The van der Waals surface area contributed by atoms with E-state index in [9.17, 15) is 0 Å². The summed E-state index contributed by atoms with van der Waals surface area (Å²) in [5.41, 5.74) is 15.0. The summed E-state index contributed by atoms with van der Waals surface area (Å²) in [6.07, 6.45) is 0. The molecular formula is C52H30N2S. The quantitative estimate of drug-likeness (QED) is 0.172. The highest BCUT2D eigenvalue weighted by atomic mass is 32.1. The Hall–Kier alpha value is -6.94. The molecule has 3 aromatic heterocycles. The van der Waals surface area contributed by atoms with Crippen LogP contribution in [0, 0.1) is 0 Å². The Balaban J connectivity index is 1.05. The molecule has 0 bridgehead atoms. The van der Waals surface area contributed by atoms with Crippen LogP contribution in [0.15, 0.2) is 182 Å². The molecule has 1 aliphatic carbocycles. The fourth-order valence-corrected chi connectivity index (χ4v) is 10.8. The van der Waals surface area contributed by atoms with E-state index in [1.807, 2.05) is 11.3 Å². The summed E-state index contributed by atoms with van der Waals surface area (Å²) in [6.45, 7) is 0. The molecule has 0 saturated heterocycles. The Bertz CT molecular complexity index is 3600. The smallest absolute Gasteiger partial charge is 0.0553 e. The molecule has 0 spiro atoms. The first-order valence-electron chi connectivity index (χ1n) is 18.9. The summed E-state index contributed by atoms with van der Waals surface area (Å²) in [6, 6.07) is 67.7. The molecule has 55 heavy (non-hydrogen) atoms. The van der Waals surface area contributed by atoms with Gasteiger partial charge < -0.3 is 9.13 Å². The number of fused-ring (bicyclic) bond motifs is 13. The third-order valence-corrected chi connectivity index (χ3v) is 13.2. The summed E-state index contributed by atoms with van der Waals surface area (Å²) < 4.78 is 7.56. The lowest BCUT2D eigenvalue weighted by atomic mass is 9.96. The fourth-order valence-electron chi connectivity index (χ4n) is 9.70. The van der Waals surface area contributed by atoms with Gasteiger partial charge in [0.2, 0.25) is 0 Å². The van der Waals surface area contributed by atoms with Crippen molar-refractivity contribution in [2.75, 3.05) is 0 Å². The summed E-state index contributed by atoms with van der Waals surface area (Å²) in [4.78, 5) is 0. The third kappa shape index (κ3) is 3.97. The van der Waals surface area contributed by atoms with Gasteiger partial charge in [-0.25, -0.2) is 0 Å². The van der Waals surface area contributed by atoms with Crippen molar-refractivity contribution in [1.82, 2.24) is 9.13 Å². The SMILES string of the molecule is c1ccc(-n2c3ccc(-c4ccc5c(c4)c4ccccc4n5-c4ccc5sc6ccccc6c5c4)cc3c3c4cccc5c4c(cc32)-c2ccccc2-5)cc1. The van der Waals surface area contributed by atoms with Gasteiger partial charge in [-0.1, -0.05) is 109 Å². The molecule has 3 heteroatoms. The fraction of sp³-hybridized carbons (Fsp3) is 0. The Kier molecular flexibility index (Phi) is 5.80. The third-order valence-electron chi connectivity index (χ3n) is 12.0. The van der Waals surface area contributed by atoms with E-state index in [4.69, 9.17) is 0 Å². The highest BCUT2D eigenvalue weighted by molar-refractivity contribution is 7.25. The van der Waals surface area contributed by atoms with Crippen molar-refractivity contribution in [3.8, 4) is 44.8 Å². The molecule has 0 radical (unpaired) electrons. The number of aromatic nitrogens is 2. The van der Waals surface area contributed by atoms with Gasteiger partial charge in [0.05, 0.1) is 22.1 Å². The maximum Gasteiger partial charge on any atom is 0.0553 e. The number of nitrogens with zero attached hydrogens (tertiary/aromatic N) is 2. The molecule has 9 aromatic carbocycles. The number of para-hydroxylation sites is 2. The molecule has 0 unspecified atom stereocenters. The lowest BCUT2D eigenvalue weighted by molar-refractivity contribution is 1.18. The van der Waals surface area contributed by atoms with E-state index in [0.29, 0.717) is 0 Å². The topological polar surface area (TPSA) is 9.86 Å². The monoisotopic (exact) mass is 714 g/mol. The van der Waals surface area contributed by atoms with Crippen LogP contribution in [0.2, 0.25) is 0 Å². The predicted molar refractivity (Wildman–Crippen MR) is 235 cm³/mol. The average molecular weight is 715 g/mol. The summed E-state index contributed by atoms with van der Waals surface area (Å²) >= 11 is 1.87. The van der Waals surface area contributed by atoms with Gasteiger partial charge in [0, 0.05) is 53.1 Å². The van der Waals surface area contributed by atoms with Gasteiger partial charge in [0.1, 0.15) is 0 Å². The molecule has 3 heterocycles. The van der Waals surface area contributed by atoms with E-state index in [0.717, 1.165) is 0 Å². The highest BCUT2D eigenvalue weighted by Crippen LogP contribution is 2.51. The Morgan fingerprint density at radius 3 is 1.76 bits per heavy atom. The number of hydrogen-bond donors (Lipinski definition) is 0. The zero-order valence-electron chi connectivity index (χ0n) is 29.6. The van der Waals surface area contributed by atoms with Gasteiger partial charge in [-0.05, 0) is 117 Å². The number of thiophene rings is 1. The lowest BCUT2D eigenvalue weighted by Crippen LogP contribution is -1.94. The molecule has 0 fully saturated rings. The number of rotatable bonds is 3. The maximum atomic E-state index is 2.46. The standard InChI is InChI=1S/C52H30N2S/c1-2-11-33(12-3-1)53-47-25-22-32(28-44(47)52-40-18-10-17-39-35-13-4-5-14-36(35)43(51(39)40)30-48(52)53)31-21-24-46-41(27-31)37-15-6-8-19-45(37)54(46)34-23-26-50-42(29-34)38-16-7-9-20-49(38)55-50/h1-30H. The molecule has 13 rings (SSSR count). The first kappa shape index (κ1) is 29.5. The van der Waals surface area contributed by atoms with Crippen molar-refractivity contribution in [3.63, 3.8) is 0 Å². The molecule has 1 aliphatic rings. The summed E-state index contributed by atoms with van der Waals surface area (Å²) in [7, 11) is 0. The van der Waals surface area contributed by atoms with Gasteiger partial charge in [0.25, 0.3) is 0 Å². The molecule has 254 valence electrons. The molecule has 0 aliphatic heterocycles. The van der Waals surface area contributed by atoms with Crippen molar-refractivity contribution < 1.29 is 0 Å². The van der Waals surface area contributed by atoms with E-state index >= 15 is 0 Å². The van der Waals surface area contributed by atoms with Gasteiger partial charge in [-0.3, -0.25) is 0 Å². The predicted octanol–water partition coefficient (Wildman–Crippen LogP) is 14.7. The van der Waals surface area contributed by atoms with Gasteiger partial charge in [-0.2, -0.15) is 0 Å². The van der Waals surface area contributed by atoms with Crippen molar-refractivity contribution in [1.29, 1.82) is 0 Å². The van der Waals surface area contributed by atoms with E-state index in [-0.39, 0.29) is 0 Å². The summed E-state index contributed by atoms with van der Waals surface area (Å²) in [5, 5.41) is 10.4. The van der Waals surface area contributed by atoms with Crippen molar-refractivity contribution in [2.24, 2.45) is 0 Å². The van der Waals surface area contributed by atoms with Crippen LogP contribution in [0.25, 0.3) is 119 Å². The number of benzene rings is 9. The van der Waals surface area contributed by atoms with E-state index in [2.05, 4.69) is 191 Å². The molecule has 12 aromatic rings. The van der Waals surface area contributed by atoms with E-state index in [1.54, 1.807) is 0 Å². The van der Waals surface area contributed by atoms with Crippen LogP contribution in [-0.2, 0) is 0 Å². The van der Waals surface area contributed by atoms with Crippen molar-refractivity contribution in [2.45, 2.75) is 0 Å². The molecule has 2 nitrogen and oxygen atoms in total. The zero-order valence-corrected chi connectivity index (χ0v) is 30.4. The normalized spacial score (nSPS) is 12.4. The first-order valence-corrected chi connectivity index (χ1v) is 19.7. The Morgan fingerprint density at radius 1 is 0.291 bits per heavy atom. The molecule has 0 saturated carbocycles. The summed E-state index contributed by atoms with van der Waals surface area (Å²) in [5.74, 6) is 0. The van der Waals surface area contributed by atoms with Crippen LogP contribution in [0.3, 0.4) is 0 Å². The highest BCUT2D eigenvalue weighted by Gasteiger charge is 2.25. The molecule has 0 amide bonds. The minimum Gasteiger partial charge on any atom is -0.309 e. The second-order valence-electron chi connectivity index (χ2n) is 14.9. The zero-order chi connectivity index (χ0) is 35.8. The van der Waals surface area contributed by atoms with Crippen molar-refractivity contribution >= 4 is 85.9 Å². The van der Waals surface area contributed by atoms with Crippen molar-refractivity contribution in [3.05, 3.63) is 182 Å². The van der Waals surface area contributed by atoms with E-state index in [1.165, 1.54) is 119 Å². The minimum absolute atomic E-state index is 1.17. The van der Waals surface area contributed by atoms with Gasteiger partial charge in [-0.15, -0.1) is 11.3 Å². The van der Waals surface area contributed by atoms with Crippen LogP contribution >= 0.6 is 11.3 Å². The second kappa shape index (κ2) is 10.8. The maximum absolute atomic E-state index is 2.46. The Morgan fingerprint density at radius 2 is 0.909 bits per heavy atom. The number of hydrogen-bond acceptors (Lipinski definition) is 1. The van der Waals surface area contributed by atoms with E-state index < -0.39 is 0 Å². The molecular weight excluding hydrogens is 685 g/mol. The largest absolute Gasteiger partial charge is 0.309 e. The second-order valence-corrected chi connectivity index (χ2v) is 15.9. The van der Waals surface area contributed by atoms with Crippen LogP contribution in [0.1, 0.15) is 0 Å². The average Bonchev–Trinajstić information content (AvgIpc) is 3.98. The van der Waals surface area contributed by atoms with Crippen LogP contribution in [0.5, 0.6) is 0 Å². The molecule has 0 atom stereocenters. The molecule has 0 N–H and O–H groups in total. The lowest BCUT2D eigenvalue weighted by Gasteiger charge is -2.10.